The summed E-state index contributed by atoms with van der Waals surface area (Å²) in [6.45, 7) is 0. The first-order valence-corrected chi connectivity index (χ1v) is 9.49. The molecule has 6 heteroatoms. The summed E-state index contributed by atoms with van der Waals surface area (Å²) in [5.41, 5.74) is 0.853. The summed E-state index contributed by atoms with van der Waals surface area (Å²) in [6, 6.07) is 18.9. The van der Waals surface area contributed by atoms with Crippen molar-refractivity contribution in [3.8, 4) is 5.75 Å². The van der Waals surface area contributed by atoms with E-state index in [0.717, 1.165) is 10.8 Å². The van der Waals surface area contributed by atoms with E-state index < -0.39 is 17.9 Å². The molecule has 3 rings (SSSR count). The van der Waals surface area contributed by atoms with Gasteiger partial charge >= 0.3 is 5.97 Å². The minimum Gasteiger partial charge on any atom is -0.496 e. The van der Waals surface area contributed by atoms with E-state index in [1.165, 1.54) is 12.0 Å². The second-order valence-corrected chi connectivity index (χ2v) is 6.69. The number of carboxylic acids is 1. The molecule has 0 aromatic heterocycles. The fraction of sp³-hybridized carbons (Fsp3) is 0.182. The van der Waals surface area contributed by atoms with Crippen molar-refractivity contribution in [1.82, 2.24) is 0 Å². The van der Waals surface area contributed by atoms with Crippen LogP contribution in [-0.2, 0) is 4.79 Å². The summed E-state index contributed by atoms with van der Waals surface area (Å²) < 4.78 is 5.33. The van der Waals surface area contributed by atoms with Crippen molar-refractivity contribution >= 4 is 41.0 Å². The normalized spacial score (nSPS) is 11.8. The van der Waals surface area contributed by atoms with Crippen molar-refractivity contribution in [2.45, 2.75) is 12.5 Å². The monoisotopic (exact) mass is 395 g/mol. The van der Waals surface area contributed by atoms with Crippen LogP contribution >= 0.6 is 12.6 Å². The van der Waals surface area contributed by atoms with Gasteiger partial charge in [0.2, 0.25) is 0 Å². The highest BCUT2D eigenvalue weighted by molar-refractivity contribution is 7.80. The number of hydrogen-bond donors (Lipinski definition) is 2. The van der Waals surface area contributed by atoms with Gasteiger partial charge in [0.1, 0.15) is 11.8 Å². The molecule has 3 aromatic rings. The highest BCUT2D eigenvalue weighted by Crippen LogP contribution is 2.32. The number of anilines is 1. The number of carbonyl (C=O) groups excluding carboxylic acids is 1. The molecule has 0 spiro atoms. The molecule has 0 heterocycles. The van der Waals surface area contributed by atoms with Crippen LogP contribution in [-0.4, -0.2) is 35.9 Å². The zero-order valence-electron chi connectivity index (χ0n) is 15.4. The number of aliphatic carboxylic acids is 1. The second-order valence-electron chi connectivity index (χ2n) is 6.24. The Labute approximate surface area is 169 Å². The van der Waals surface area contributed by atoms with E-state index in [0.29, 0.717) is 22.8 Å². The number of methoxy groups -OCH3 is 1. The molecule has 1 atom stereocenters. The minimum absolute atomic E-state index is 0.211. The van der Waals surface area contributed by atoms with Crippen LogP contribution in [0.2, 0.25) is 0 Å². The van der Waals surface area contributed by atoms with Gasteiger partial charge in [-0.2, -0.15) is 12.6 Å². The fourth-order valence-corrected chi connectivity index (χ4v) is 3.52. The molecule has 1 amide bonds. The molecule has 3 aromatic carbocycles. The van der Waals surface area contributed by atoms with Gasteiger partial charge in [-0.25, -0.2) is 4.79 Å². The number of para-hydroxylation sites is 1. The van der Waals surface area contributed by atoms with E-state index in [1.807, 2.05) is 36.4 Å². The molecule has 0 aliphatic heterocycles. The summed E-state index contributed by atoms with van der Waals surface area (Å²) in [5.74, 6) is -0.779. The summed E-state index contributed by atoms with van der Waals surface area (Å²) in [4.78, 5) is 27.0. The van der Waals surface area contributed by atoms with Gasteiger partial charge in [-0.3, -0.25) is 9.69 Å². The van der Waals surface area contributed by atoms with E-state index in [2.05, 4.69) is 12.6 Å². The SMILES string of the molecule is COc1ccccc1C(=O)N(c1cccc2ccccc12)[C@@H](CCS)C(=O)O. The van der Waals surface area contributed by atoms with Crippen LogP contribution in [0.4, 0.5) is 5.69 Å². The van der Waals surface area contributed by atoms with Crippen LogP contribution in [0.25, 0.3) is 10.8 Å². The van der Waals surface area contributed by atoms with Crippen LogP contribution in [0.1, 0.15) is 16.8 Å². The predicted molar refractivity (Wildman–Crippen MR) is 114 cm³/mol. The number of thiol groups is 1. The number of nitrogens with zero attached hydrogens (tertiary/aromatic N) is 1. The zero-order chi connectivity index (χ0) is 20.1. The quantitative estimate of drug-likeness (QED) is 0.587. The van der Waals surface area contributed by atoms with Gasteiger partial charge in [-0.15, -0.1) is 0 Å². The average Bonchev–Trinajstić information content (AvgIpc) is 2.73. The lowest BCUT2D eigenvalue weighted by atomic mass is 10.0. The molecule has 0 bridgehead atoms. The number of carbonyl (C=O) groups is 2. The first kappa shape index (κ1) is 19.8. The van der Waals surface area contributed by atoms with Gasteiger partial charge in [0.15, 0.2) is 0 Å². The predicted octanol–water partition coefficient (Wildman–Crippen LogP) is 4.27. The van der Waals surface area contributed by atoms with Crippen LogP contribution < -0.4 is 9.64 Å². The highest BCUT2D eigenvalue weighted by atomic mass is 32.1. The zero-order valence-corrected chi connectivity index (χ0v) is 16.3. The topological polar surface area (TPSA) is 66.8 Å². The molecule has 0 saturated heterocycles. The molecule has 28 heavy (non-hydrogen) atoms. The second kappa shape index (κ2) is 8.80. The van der Waals surface area contributed by atoms with Crippen LogP contribution in [0.3, 0.4) is 0 Å². The first-order chi connectivity index (χ1) is 13.6. The van der Waals surface area contributed by atoms with Gasteiger partial charge in [0.05, 0.1) is 18.4 Å². The van der Waals surface area contributed by atoms with Gasteiger partial charge in [0.25, 0.3) is 5.91 Å². The molecule has 0 aliphatic carbocycles. The lowest BCUT2D eigenvalue weighted by molar-refractivity contribution is -0.138. The number of carboxylic acid groups (broad SMARTS) is 1. The van der Waals surface area contributed by atoms with E-state index in [1.54, 1.807) is 30.3 Å². The number of rotatable bonds is 7. The summed E-state index contributed by atoms with van der Waals surface area (Å²) in [7, 11) is 1.48. The lowest BCUT2D eigenvalue weighted by Crippen LogP contribution is -2.46. The van der Waals surface area contributed by atoms with Crippen molar-refractivity contribution in [2.24, 2.45) is 0 Å². The maximum Gasteiger partial charge on any atom is 0.326 e. The summed E-state index contributed by atoms with van der Waals surface area (Å²) in [6.07, 6.45) is 0.211. The van der Waals surface area contributed by atoms with Gasteiger partial charge in [-0.1, -0.05) is 48.5 Å². The Hall–Kier alpha value is -2.99. The third-order valence-corrected chi connectivity index (χ3v) is 4.84. The van der Waals surface area contributed by atoms with E-state index in [-0.39, 0.29) is 6.42 Å². The molecular weight excluding hydrogens is 374 g/mol. The molecule has 5 nitrogen and oxygen atoms in total. The Balaban J connectivity index is 2.23. The Morgan fingerprint density at radius 1 is 1.04 bits per heavy atom. The molecule has 0 radical (unpaired) electrons. The van der Waals surface area contributed by atoms with Gasteiger partial charge < -0.3 is 9.84 Å². The number of amides is 1. The highest BCUT2D eigenvalue weighted by Gasteiger charge is 2.33. The maximum atomic E-state index is 13.5. The average molecular weight is 395 g/mol. The largest absolute Gasteiger partial charge is 0.496 e. The van der Waals surface area contributed by atoms with Crippen LogP contribution in [0.15, 0.2) is 66.7 Å². The third kappa shape index (κ3) is 3.82. The minimum atomic E-state index is -1.08. The van der Waals surface area contributed by atoms with Crippen molar-refractivity contribution in [3.05, 3.63) is 72.3 Å². The molecule has 0 fully saturated rings. The number of benzene rings is 3. The standard InChI is InChI=1S/C22H21NO4S/c1-27-20-12-5-4-10-17(20)21(24)23(19(13-14-28)22(25)26)18-11-6-8-15-7-2-3-9-16(15)18/h2-12,19,28H,13-14H2,1H3,(H,25,26)/t19-/m0/s1. The first-order valence-electron chi connectivity index (χ1n) is 8.86. The number of fused-ring (bicyclic) bond motifs is 1. The number of hydrogen-bond acceptors (Lipinski definition) is 4. The summed E-state index contributed by atoms with van der Waals surface area (Å²) >= 11 is 4.20. The summed E-state index contributed by atoms with van der Waals surface area (Å²) in [5, 5.41) is 11.6. The van der Waals surface area contributed by atoms with Crippen molar-refractivity contribution in [2.75, 3.05) is 17.8 Å². The molecule has 144 valence electrons. The van der Waals surface area contributed by atoms with E-state index in [4.69, 9.17) is 4.74 Å². The Morgan fingerprint density at radius 2 is 1.71 bits per heavy atom. The Kier molecular flexibility index (Phi) is 6.21. The maximum absolute atomic E-state index is 13.5. The Morgan fingerprint density at radius 3 is 2.43 bits per heavy atom. The third-order valence-electron chi connectivity index (χ3n) is 4.58. The molecule has 1 N–H and O–H groups in total. The molecular formula is C22H21NO4S. The van der Waals surface area contributed by atoms with Gasteiger partial charge in [0, 0.05) is 5.39 Å². The van der Waals surface area contributed by atoms with Gasteiger partial charge in [-0.05, 0) is 35.8 Å². The lowest BCUT2D eigenvalue weighted by Gasteiger charge is -2.30. The molecule has 0 saturated carbocycles. The Bertz CT molecular complexity index is 999. The number of ether oxygens (including phenoxy) is 1. The van der Waals surface area contributed by atoms with Crippen molar-refractivity contribution < 1.29 is 19.4 Å². The van der Waals surface area contributed by atoms with E-state index >= 15 is 0 Å². The smallest absolute Gasteiger partial charge is 0.326 e. The molecule has 0 aliphatic rings. The van der Waals surface area contributed by atoms with Crippen molar-refractivity contribution in [1.29, 1.82) is 0 Å². The fourth-order valence-electron chi connectivity index (χ4n) is 3.27. The van der Waals surface area contributed by atoms with Crippen LogP contribution in [0.5, 0.6) is 5.75 Å². The molecule has 0 unspecified atom stereocenters. The van der Waals surface area contributed by atoms with Crippen LogP contribution in [0, 0.1) is 0 Å². The van der Waals surface area contributed by atoms with E-state index in [9.17, 15) is 14.7 Å². The van der Waals surface area contributed by atoms with Crippen molar-refractivity contribution in [3.63, 3.8) is 0 Å².